The molecule has 0 saturated heterocycles. The van der Waals surface area contributed by atoms with Crippen LogP contribution in [0.25, 0.3) is 0 Å². The smallest absolute Gasteiger partial charge is 0.202 e. The Kier molecular flexibility index (Phi) is 5.20. The van der Waals surface area contributed by atoms with E-state index in [9.17, 15) is 0 Å². The van der Waals surface area contributed by atoms with Gasteiger partial charge in [0.25, 0.3) is 0 Å². The third kappa shape index (κ3) is 4.08. The highest BCUT2D eigenvalue weighted by Crippen LogP contribution is 2.25. The molecule has 0 aliphatic heterocycles. The predicted molar refractivity (Wildman–Crippen MR) is 83.8 cm³/mol. The minimum atomic E-state index is 0.567. The van der Waals surface area contributed by atoms with Crippen LogP contribution in [0.5, 0.6) is 5.75 Å². The van der Waals surface area contributed by atoms with Crippen molar-refractivity contribution in [1.82, 2.24) is 9.36 Å². The van der Waals surface area contributed by atoms with Gasteiger partial charge in [-0.2, -0.15) is 4.37 Å². The van der Waals surface area contributed by atoms with Crippen molar-refractivity contribution in [3.05, 3.63) is 34.6 Å². The molecule has 0 spiro atoms. The number of halogens is 1. The highest BCUT2D eigenvalue weighted by Gasteiger charge is 2.06. The molecule has 1 aromatic heterocycles. The third-order valence-corrected chi connectivity index (χ3v) is 3.72. The maximum absolute atomic E-state index is 6.09. The van der Waals surface area contributed by atoms with E-state index in [0.717, 1.165) is 22.9 Å². The van der Waals surface area contributed by atoms with E-state index in [-0.39, 0.29) is 0 Å². The summed E-state index contributed by atoms with van der Waals surface area (Å²) < 4.78 is 9.47. The molecule has 0 aliphatic rings. The normalized spacial score (nSPS) is 10.8. The summed E-state index contributed by atoms with van der Waals surface area (Å²) in [6.45, 7) is 4.99. The van der Waals surface area contributed by atoms with Gasteiger partial charge in [-0.25, -0.2) is 4.98 Å². The lowest BCUT2D eigenvalue weighted by atomic mass is 10.1. The number of aromatic nitrogens is 2. The molecule has 0 saturated carbocycles. The van der Waals surface area contributed by atoms with Crippen molar-refractivity contribution in [2.45, 2.75) is 26.8 Å². The Morgan fingerprint density at radius 2 is 2.20 bits per heavy atom. The Hall–Kier alpha value is -1.33. The summed E-state index contributed by atoms with van der Waals surface area (Å²) in [4.78, 5) is 4.46. The Morgan fingerprint density at radius 3 is 2.85 bits per heavy atom. The maximum atomic E-state index is 6.09. The van der Waals surface area contributed by atoms with E-state index in [1.54, 1.807) is 7.11 Å². The summed E-state index contributed by atoms with van der Waals surface area (Å²) in [6, 6.07) is 5.74. The van der Waals surface area contributed by atoms with Crippen LogP contribution in [-0.2, 0) is 13.0 Å². The Balaban J connectivity index is 1.94. The highest BCUT2D eigenvalue weighted by atomic mass is 35.5. The van der Waals surface area contributed by atoms with E-state index in [0.29, 0.717) is 23.2 Å². The Bertz CT molecular complexity index is 571. The molecule has 0 fully saturated rings. The quantitative estimate of drug-likeness (QED) is 0.875. The SMILES string of the molecule is COc1ccc(CNc2nc(CC(C)C)ns2)cc1Cl. The van der Waals surface area contributed by atoms with Crippen LogP contribution in [0.2, 0.25) is 5.02 Å². The lowest BCUT2D eigenvalue weighted by Crippen LogP contribution is -2.00. The zero-order valence-corrected chi connectivity index (χ0v) is 13.4. The lowest BCUT2D eigenvalue weighted by molar-refractivity contribution is 0.415. The van der Waals surface area contributed by atoms with Crippen molar-refractivity contribution in [1.29, 1.82) is 0 Å². The van der Waals surface area contributed by atoms with Crippen LogP contribution in [0, 0.1) is 5.92 Å². The summed E-state index contributed by atoms with van der Waals surface area (Å²) >= 11 is 7.49. The van der Waals surface area contributed by atoms with Crippen molar-refractivity contribution in [2.24, 2.45) is 5.92 Å². The first kappa shape index (κ1) is 15.1. The standard InChI is InChI=1S/C14H18ClN3OS/c1-9(2)6-13-17-14(20-18-13)16-8-10-4-5-12(19-3)11(15)7-10/h4-5,7,9H,6,8H2,1-3H3,(H,16,17,18). The Labute approximate surface area is 128 Å². The number of hydrogen-bond donors (Lipinski definition) is 1. The zero-order chi connectivity index (χ0) is 14.5. The van der Waals surface area contributed by atoms with Crippen LogP contribution in [-0.4, -0.2) is 16.5 Å². The molecule has 0 amide bonds. The molecular weight excluding hydrogens is 294 g/mol. The first-order valence-corrected chi connectivity index (χ1v) is 7.62. The van der Waals surface area contributed by atoms with Crippen LogP contribution in [0.15, 0.2) is 18.2 Å². The first-order valence-electron chi connectivity index (χ1n) is 6.47. The second-order valence-corrected chi connectivity index (χ2v) is 6.10. The topological polar surface area (TPSA) is 47.0 Å². The number of rotatable bonds is 6. The monoisotopic (exact) mass is 311 g/mol. The van der Waals surface area contributed by atoms with Gasteiger partial charge in [-0.05, 0) is 23.6 Å². The fourth-order valence-electron chi connectivity index (χ4n) is 1.77. The van der Waals surface area contributed by atoms with Gasteiger partial charge in [0.2, 0.25) is 5.13 Å². The molecule has 2 rings (SSSR count). The number of benzene rings is 1. The lowest BCUT2D eigenvalue weighted by Gasteiger charge is -2.06. The molecule has 108 valence electrons. The molecular formula is C14H18ClN3OS. The van der Waals surface area contributed by atoms with Gasteiger partial charge in [-0.3, -0.25) is 0 Å². The van der Waals surface area contributed by atoms with E-state index >= 15 is 0 Å². The molecule has 1 N–H and O–H groups in total. The average Bonchev–Trinajstić information content (AvgIpc) is 2.83. The third-order valence-electron chi connectivity index (χ3n) is 2.72. The van der Waals surface area contributed by atoms with Gasteiger partial charge >= 0.3 is 0 Å². The molecule has 0 unspecified atom stereocenters. The van der Waals surface area contributed by atoms with Crippen LogP contribution < -0.4 is 10.1 Å². The predicted octanol–water partition coefficient (Wildman–Crippen LogP) is 4.01. The summed E-state index contributed by atoms with van der Waals surface area (Å²) in [7, 11) is 1.61. The van der Waals surface area contributed by atoms with Gasteiger partial charge in [0.15, 0.2) is 0 Å². The highest BCUT2D eigenvalue weighted by molar-refractivity contribution is 7.09. The average molecular weight is 312 g/mol. The van der Waals surface area contributed by atoms with Gasteiger partial charge in [-0.15, -0.1) is 0 Å². The summed E-state index contributed by atoms with van der Waals surface area (Å²) in [6.07, 6.45) is 0.909. The zero-order valence-electron chi connectivity index (χ0n) is 11.8. The van der Waals surface area contributed by atoms with Crippen molar-refractivity contribution in [3.63, 3.8) is 0 Å². The summed E-state index contributed by atoms with van der Waals surface area (Å²) in [5.41, 5.74) is 1.08. The van der Waals surface area contributed by atoms with Crippen LogP contribution >= 0.6 is 23.1 Å². The van der Waals surface area contributed by atoms with Gasteiger partial charge < -0.3 is 10.1 Å². The fourth-order valence-corrected chi connectivity index (χ4v) is 2.64. The Morgan fingerprint density at radius 1 is 1.40 bits per heavy atom. The molecule has 4 nitrogen and oxygen atoms in total. The van der Waals surface area contributed by atoms with Crippen molar-refractivity contribution < 1.29 is 4.74 Å². The molecule has 20 heavy (non-hydrogen) atoms. The van der Waals surface area contributed by atoms with Gasteiger partial charge in [0, 0.05) is 24.5 Å². The first-order chi connectivity index (χ1) is 9.58. The van der Waals surface area contributed by atoms with Gasteiger partial charge in [-0.1, -0.05) is 31.5 Å². The van der Waals surface area contributed by atoms with E-state index < -0.39 is 0 Å². The fraction of sp³-hybridized carbons (Fsp3) is 0.429. The van der Waals surface area contributed by atoms with Crippen molar-refractivity contribution in [2.75, 3.05) is 12.4 Å². The number of methoxy groups -OCH3 is 1. The van der Waals surface area contributed by atoms with E-state index in [1.807, 2.05) is 18.2 Å². The van der Waals surface area contributed by atoms with E-state index in [2.05, 4.69) is 28.5 Å². The van der Waals surface area contributed by atoms with Gasteiger partial charge in [0.05, 0.1) is 12.1 Å². The molecule has 2 aromatic rings. The second kappa shape index (κ2) is 6.90. The van der Waals surface area contributed by atoms with Crippen LogP contribution in [0.4, 0.5) is 5.13 Å². The van der Waals surface area contributed by atoms with Crippen LogP contribution in [0.1, 0.15) is 25.2 Å². The molecule has 1 aromatic carbocycles. The maximum Gasteiger partial charge on any atom is 0.202 e. The number of hydrogen-bond acceptors (Lipinski definition) is 5. The molecule has 0 radical (unpaired) electrons. The van der Waals surface area contributed by atoms with Crippen molar-refractivity contribution >= 4 is 28.3 Å². The number of nitrogens with zero attached hydrogens (tertiary/aromatic N) is 2. The summed E-state index contributed by atoms with van der Waals surface area (Å²) in [5, 5.41) is 4.72. The molecule has 0 bridgehead atoms. The number of anilines is 1. The molecule has 0 atom stereocenters. The summed E-state index contributed by atoms with van der Waals surface area (Å²) in [5.74, 6) is 2.16. The molecule has 6 heteroatoms. The van der Waals surface area contributed by atoms with E-state index in [4.69, 9.17) is 16.3 Å². The van der Waals surface area contributed by atoms with Gasteiger partial charge in [0.1, 0.15) is 11.6 Å². The number of ether oxygens (including phenoxy) is 1. The second-order valence-electron chi connectivity index (χ2n) is 4.94. The van der Waals surface area contributed by atoms with Crippen molar-refractivity contribution in [3.8, 4) is 5.75 Å². The minimum Gasteiger partial charge on any atom is -0.495 e. The molecule has 1 heterocycles. The molecule has 0 aliphatic carbocycles. The van der Waals surface area contributed by atoms with E-state index in [1.165, 1.54) is 11.5 Å². The largest absolute Gasteiger partial charge is 0.495 e. The number of nitrogens with one attached hydrogen (secondary N) is 1. The van der Waals surface area contributed by atoms with Crippen LogP contribution in [0.3, 0.4) is 0 Å². The minimum absolute atomic E-state index is 0.567.